The predicted molar refractivity (Wildman–Crippen MR) is 107 cm³/mol. The Morgan fingerprint density at radius 1 is 1.00 bits per heavy atom. The van der Waals surface area contributed by atoms with E-state index >= 15 is 0 Å². The number of hydrogen-bond donors (Lipinski definition) is 1. The minimum absolute atomic E-state index is 0. The fraction of sp³-hybridized carbons (Fsp3) is 0.667. The van der Waals surface area contributed by atoms with Gasteiger partial charge >= 0.3 is 0 Å². The van der Waals surface area contributed by atoms with Crippen LogP contribution in [0.3, 0.4) is 0 Å². The van der Waals surface area contributed by atoms with Crippen LogP contribution in [-0.4, -0.2) is 52.4 Å². The number of halogens is 2. The van der Waals surface area contributed by atoms with Gasteiger partial charge < -0.3 is 19.5 Å². The van der Waals surface area contributed by atoms with Crippen molar-refractivity contribution in [2.75, 3.05) is 47.5 Å². The average Bonchev–Trinajstić information content (AvgIpc) is 2.61. The van der Waals surface area contributed by atoms with Crippen molar-refractivity contribution in [3.05, 3.63) is 17.7 Å². The zero-order valence-corrected chi connectivity index (χ0v) is 17.5. The number of ether oxygens (including phenoxy) is 3. The second-order valence-corrected chi connectivity index (χ2v) is 6.08. The van der Waals surface area contributed by atoms with Crippen molar-refractivity contribution in [1.29, 1.82) is 0 Å². The lowest BCUT2D eigenvalue weighted by Gasteiger charge is -2.38. The van der Waals surface area contributed by atoms with Crippen molar-refractivity contribution in [2.24, 2.45) is 5.92 Å². The molecule has 7 heteroatoms. The number of benzene rings is 1. The third-order valence-corrected chi connectivity index (χ3v) is 4.76. The van der Waals surface area contributed by atoms with Crippen molar-refractivity contribution >= 4 is 24.8 Å². The van der Waals surface area contributed by atoms with Gasteiger partial charge in [0, 0.05) is 32.2 Å². The lowest BCUT2D eigenvalue weighted by Crippen LogP contribution is -2.46. The fourth-order valence-corrected chi connectivity index (χ4v) is 3.35. The number of nitrogens with zero attached hydrogens (tertiary/aromatic N) is 1. The standard InChI is InChI=1S/C18H30N2O3.2ClH/c1-6-13(2)17(20-9-7-19-8-10-20)14-11-15(21-3)18(23-5)16(12-14)22-4;;/h11-13,17,19H,6-10H2,1-5H3;2*1H/t13?,17-;;/m1../s1. The highest BCUT2D eigenvalue weighted by Crippen LogP contribution is 2.42. The molecule has 2 atom stereocenters. The van der Waals surface area contributed by atoms with Gasteiger partial charge in [0.15, 0.2) is 11.5 Å². The molecule has 0 radical (unpaired) electrons. The molecule has 0 aromatic heterocycles. The number of rotatable bonds is 7. The smallest absolute Gasteiger partial charge is 0.203 e. The van der Waals surface area contributed by atoms with E-state index < -0.39 is 0 Å². The molecule has 2 rings (SSSR count). The highest BCUT2D eigenvalue weighted by Gasteiger charge is 2.28. The SMILES string of the molecule is CCC(C)[C@H](c1cc(OC)c(OC)c(OC)c1)N1CCNCC1.Cl.Cl. The molecule has 0 aliphatic carbocycles. The maximum Gasteiger partial charge on any atom is 0.203 e. The van der Waals surface area contributed by atoms with E-state index in [2.05, 4.69) is 36.2 Å². The summed E-state index contributed by atoms with van der Waals surface area (Å²) >= 11 is 0. The van der Waals surface area contributed by atoms with Crippen LogP contribution in [0.1, 0.15) is 31.9 Å². The first kappa shape index (κ1) is 24.1. The van der Waals surface area contributed by atoms with Gasteiger partial charge in [-0.3, -0.25) is 4.90 Å². The van der Waals surface area contributed by atoms with Gasteiger partial charge in [-0.15, -0.1) is 24.8 Å². The van der Waals surface area contributed by atoms with E-state index in [0.29, 0.717) is 17.7 Å². The van der Waals surface area contributed by atoms with Gasteiger partial charge in [-0.05, 0) is 23.6 Å². The van der Waals surface area contributed by atoms with E-state index in [9.17, 15) is 0 Å². The van der Waals surface area contributed by atoms with Crippen LogP contribution >= 0.6 is 24.8 Å². The van der Waals surface area contributed by atoms with Crippen LogP contribution in [0.2, 0.25) is 0 Å². The fourth-order valence-electron chi connectivity index (χ4n) is 3.35. The third-order valence-electron chi connectivity index (χ3n) is 4.76. The molecular weight excluding hydrogens is 363 g/mol. The Kier molecular flexibility index (Phi) is 11.3. The number of nitrogens with one attached hydrogen (secondary N) is 1. The molecule has 0 amide bonds. The van der Waals surface area contributed by atoms with Crippen molar-refractivity contribution < 1.29 is 14.2 Å². The molecule has 0 bridgehead atoms. The van der Waals surface area contributed by atoms with Crippen molar-refractivity contribution in [2.45, 2.75) is 26.3 Å². The van der Waals surface area contributed by atoms with Crippen LogP contribution in [0.25, 0.3) is 0 Å². The molecule has 1 unspecified atom stereocenters. The van der Waals surface area contributed by atoms with Gasteiger partial charge in [0.25, 0.3) is 0 Å². The largest absolute Gasteiger partial charge is 0.493 e. The Morgan fingerprint density at radius 2 is 1.52 bits per heavy atom. The summed E-state index contributed by atoms with van der Waals surface area (Å²) in [6.45, 7) is 8.76. The summed E-state index contributed by atoms with van der Waals surface area (Å²) in [5.74, 6) is 2.66. The summed E-state index contributed by atoms with van der Waals surface area (Å²) in [6.07, 6.45) is 1.13. The maximum atomic E-state index is 5.53. The Morgan fingerprint density at radius 3 is 1.92 bits per heavy atom. The normalized spacial score (nSPS) is 16.8. The first-order valence-corrected chi connectivity index (χ1v) is 8.40. The Labute approximate surface area is 164 Å². The number of piperazine rings is 1. The highest BCUT2D eigenvalue weighted by atomic mass is 35.5. The minimum Gasteiger partial charge on any atom is -0.493 e. The van der Waals surface area contributed by atoms with Gasteiger partial charge in [-0.2, -0.15) is 0 Å². The van der Waals surface area contributed by atoms with Crippen molar-refractivity contribution in [3.8, 4) is 17.2 Å². The molecule has 5 nitrogen and oxygen atoms in total. The van der Waals surface area contributed by atoms with Gasteiger partial charge in [-0.25, -0.2) is 0 Å². The molecular formula is C18H32Cl2N2O3. The van der Waals surface area contributed by atoms with Crippen molar-refractivity contribution in [1.82, 2.24) is 10.2 Å². The summed E-state index contributed by atoms with van der Waals surface area (Å²) in [4.78, 5) is 2.56. The summed E-state index contributed by atoms with van der Waals surface area (Å²) < 4.78 is 16.5. The van der Waals surface area contributed by atoms with E-state index in [1.807, 2.05) is 0 Å². The lowest BCUT2D eigenvalue weighted by molar-refractivity contribution is 0.128. The molecule has 0 spiro atoms. The van der Waals surface area contributed by atoms with Crippen LogP contribution in [0.5, 0.6) is 17.2 Å². The van der Waals surface area contributed by atoms with E-state index in [-0.39, 0.29) is 24.8 Å². The Hall–Kier alpha value is -0.880. The molecule has 1 aromatic carbocycles. The molecule has 146 valence electrons. The van der Waals surface area contributed by atoms with Gasteiger partial charge in [-0.1, -0.05) is 20.3 Å². The monoisotopic (exact) mass is 394 g/mol. The predicted octanol–water partition coefficient (Wildman–Crippen LogP) is 3.55. The van der Waals surface area contributed by atoms with Crippen LogP contribution in [0.15, 0.2) is 12.1 Å². The van der Waals surface area contributed by atoms with E-state index in [1.165, 1.54) is 5.56 Å². The summed E-state index contributed by atoms with van der Waals surface area (Å²) in [5.41, 5.74) is 1.23. The molecule has 1 saturated heterocycles. The number of hydrogen-bond acceptors (Lipinski definition) is 5. The summed E-state index contributed by atoms with van der Waals surface area (Å²) in [7, 11) is 4.98. The molecule has 1 fully saturated rings. The third kappa shape index (κ3) is 5.55. The van der Waals surface area contributed by atoms with Gasteiger partial charge in [0.1, 0.15) is 0 Å². The topological polar surface area (TPSA) is 43.0 Å². The first-order valence-electron chi connectivity index (χ1n) is 8.40. The Bertz CT molecular complexity index is 486. The molecule has 1 aliphatic heterocycles. The quantitative estimate of drug-likeness (QED) is 0.765. The second kappa shape index (κ2) is 11.7. The highest BCUT2D eigenvalue weighted by molar-refractivity contribution is 5.85. The molecule has 0 saturated carbocycles. The van der Waals surface area contributed by atoms with Crippen molar-refractivity contribution in [3.63, 3.8) is 0 Å². The Balaban J connectivity index is 0.00000288. The van der Waals surface area contributed by atoms with Crippen LogP contribution in [0, 0.1) is 5.92 Å². The molecule has 1 heterocycles. The second-order valence-electron chi connectivity index (χ2n) is 6.08. The van der Waals surface area contributed by atoms with Crippen LogP contribution in [-0.2, 0) is 0 Å². The van der Waals surface area contributed by atoms with Gasteiger partial charge in [0.05, 0.1) is 21.3 Å². The summed E-state index contributed by atoms with van der Waals surface area (Å²) in [5, 5.41) is 3.43. The minimum atomic E-state index is 0. The molecule has 25 heavy (non-hydrogen) atoms. The lowest BCUT2D eigenvalue weighted by atomic mass is 9.90. The molecule has 1 N–H and O–H groups in total. The van der Waals surface area contributed by atoms with Gasteiger partial charge in [0.2, 0.25) is 5.75 Å². The maximum absolute atomic E-state index is 5.53. The zero-order chi connectivity index (χ0) is 16.8. The van der Waals surface area contributed by atoms with Crippen LogP contribution < -0.4 is 19.5 Å². The zero-order valence-electron chi connectivity index (χ0n) is 15.8. The van der Waals surface area contributed by atoms with E-state index in [0.717, 1.165) is 44.1 Å². The average molecular weight is 395 g/mol. The number of methoxy groups -OCH3 is 3. The summed E-state index contributed by atoms with van der Waals surface area (Å²) in [6, 6.07) is 4.55. The molecule has 1 aromatic rings. The van der Waals surface area contributed by atoms with E-state index in [4.69, 9.17) is 14.2 Å². The van der Waals surface area contributed by atoms with E-state index in [1.54, 1.807) is 21.3 Å². The van der Waals surface area contributed by atoms with Crippen LogP contribution in [0.4, 0.5) is 0 Å². The molecule has 1 aliphatic rings. The first-order chi connectivity index (χ1) is 11.2.